The van der Waals surface area contributed by atoms with Gasteiger partial charge in [-0.2, -0.15) is 0 Å². The first-order valence-electron chi connectivity index (χ1n) is 11.0. The van der Waals surface area contributed by atoms with Crippen molar-refractivity contribution in [1.29, 1.82) is 0 Å². The van der Waals surface area contributed by atoms with Crippen molar-refractivity contribution in [3.63, 3.8) is 0 Å². The standard InChI is InChI=1S/C21H34N6S/c1-17(2)15-20(21-22-23-24-27(21)16-19-9-6-14-28-19)26-12-10-25(11-13-26)18-7-4-3-5-8-18/h6,9,14,17-18,20H,3-5,7-8,10-13,15-16H2,1-2H3/t20-/m0/s1. The van der Waals surface area contributed by atoms with Gasteiger partial charge in [-0.1, -0.05) is 39.2 Å². The zero-order chi connectivity index (χ0) is 19.3. The third-order valence-corrected chi connectivity index (χ3v) is 7.18. The van der Waals surface area contributed by atoms with E-state index in [1.54, 1.807) is 11.3 Å². The Kier molecular flexibility index (Phi) is 6.75. The molecule has 1 aliphatic heterocycles. The van der Waals surface area contributed by atoms with Crippen molar-refractivity contribution in [3.8, 4) is 0 Å². The summed E-state index contributed by atoms with van der Waals surface area (Å²) in [5, 5.41) is 15.0. The summed E-state index contributed by atoms with van der Waals surface area (Å²) >= 11 is 1.77. The molecule has 6 nitrogen and oxygen atoms in total. The minimum atomic E-state index is 0.309. The molecule has 0 aromatic carbocycles. The molecule has 0 amide bonds. The third-order valence-electron chi connectivity index (χ3n) is 6.32. The van der Waals surface area contributed by atoms with Gasteiger partial charge < -0.3 is 0 Å². The lowest BCUT2D eigenvalue weighted by Gasteiger charge is -2.43. The average molecular weight is 403 g/mol. The summed E-state index contributed by atoms with van der Waals surface area (Å²) in [5.74, 6) is 1.65. The molecule has 0 radical (unpaired) electrons. The first-order valence-corrected chi connectivity index (χ1v) is 11.8. The van der Waals surface area contributed by atoms with Gasteiger partial charge in [0.2, 0.25) is 0 Å². The molecule has 7 heteroatoms. The fraction of sp³-hybridized carbons (Fsp3) is 0.762. The zero-order valence-corrected chi connectivity index (χ0v) is 18.2. The lowest BCUT2D eigenvalue weighted by atomic mass is 9.93. The van der Waals surface area contributed by atoms with Crippen molar-refractivity contribution in [2.24, 2.45) is 5.92 Å². The van der Waals surface area contributed by atoms with Gasteiger partial charge >= 0.3 is 0 Å². The van der Waals surface area contributed by atoms with Crippen LogP contribution in [0.2, 0.25) is 0 Å². The normalized spacial score (nSPS) is 21.4. The molecule has 1 saturated carbocycles. The molecule has 2 aromatic heterocycles. The van der Waals surface area contributed by atoms with Gasteiger partial charge in [0.25, 0.3) is 0 Å². The number of piperazine rings is 1. The molecule has 2 fully saturated rings. The SMILES string of the molecule is CC(C)C[C@@H](c1nnnn1Cc1cccs1)N1CCN(C2CCCCC2)CC1. The highest BCUT2D eigenvalue weighted by Crippen LogP contribution is 2.30. The fourth-order valence-electron chi connectivity index (χ4n) is 4.84. The molecule has 2 aliphatic rings. The van der Waals surface area contributed by atoms with Crippen molar-refractivity contribution in [1.82, 2.24) is 30.0 Å². The highest BCUT2D eigenvalue weighted by atomic mass is 32.1. The van der Waals surface area contributed by atoms with Crippen molar-refractivity contribution in [2.45, 2.75) is 71.0 Å². The first-order chi connectivity index (χ1) is 13.7. The summed E-state index contributed by atoms with van der Waals surface area (Å²) in [5.41, 5.74) is 0. The Morgan fingerprint density at radius 3 is 2.57 bits per heavy atom. The summed E-state index contributed by atoms with van der Waals surface area (Å²) in [6.45, 7) is 10.0. The maximum absolute atomic E-state index is 4.49. The smallest absolute Gasteiger partial charge is 0.168 e. The predicted molar refractivity (Wildman–Crippen MR) is 113 cm³/mol. The zero-order valence-electron chi connectivity index (χ0n) is 17.3. The molecule has 0 spiro atoms. The van der Waals surface area contributed by atoms with Crippen LogP contribution in [0.15, 0.2) is 17.5 Å². The van der Waals surface area contributed by atoms with Crippen LogP contribution in [0, 0.1) is 5.92 Å². The van der Waals surface area contributed by atoms with Crippen LogP contribution in [0.25, 0.3) is 0 Å². The van der Waals surface area contributed by atoms with E-state index in [2.05, 4.69) is 56.7 Å². The van der Waals surface area contributed by atoms with Crippen molar-refractivity contribution in [3.05, 3.63) is 28.2 Å². The highest BCUT2D eigenvalue weighted by molar-refractivity contribution is 7.09. The molecular weight excluding hydrogens is 368 g/mol. The largest absolute Gasteiger partial charge is 0.298 e. The number of tetrazole rings is 1. The van der Waals surface area contributed by atoms with Crippen molar-refractivity contribution >= 4 is 11.3 Å². The van der Waals surface area contributed by atoms with E-state index in [-0.39, 0.29) is 0 Å². The summed E-state index contributed by atoms with van der Waals surface area (Å²) in [7, 11) is 0. The van der Waals surface area contributed by atoms with Gasteiger partial charge in [0, 0.05) is 37.1 Å². The first kappa shape index (κ1) is 20.0. The van der Waals surface area contributed by atoms with Crippen molar-refractivity contribution < 1.29 is 0 Å². The van der Waals surface area contributed by atoms with Crippen molar-refractivity contribution in [2.75, 3.05) is 26.2 Å². The summed E-state index contributed by atoms with van der Waals surface area (Å²) in [6, 6.07) is 5.39. The van der Waals surface area contributed by atoms with E-state index >= 15 is 0 Å². The Balaban J connectivity index is 1.45. The van der Waals surface area contributed by atoms with E-state index in [0.29, 0.717) is 12.0 Å². The molecule has 3 heterocycles. The van der Waals surface area contributed by atoms with Crippen LogP contribution in [0.4, 0.5) is 0 Å². The maximum atomic E-state index is 4.49. The summed E-state index contributed by atoms with van der Waals surface area (Å²) in [4.78, 5) is 6.69. The van der Waals surface area contributed by atoms with Crippen LogP contribution in [-0.4, -0.2) is 62.2 Å². The topological polar surface area (TPSA) is 50.1 Å². The highest BCUT2D eigenvalue weighted by Gasteiger charge is 2.32. The fourth-order valence-corrected chi connectivity index (χ4v) is 5.52. The Morgan fingerprint density at radius 2 is 1.89 bits per heavy atom. The van der Waals surface area contributed by atoms with E-state index in [1.807, 2.05) is 4.68 Å². The van der Waals surface area contributed by atoms with Gasteiger partial charge in [-0.15, -0.1) is 16.4 Å². The van der Waals surface area contributed by atoms with Crippen LogP contribution in [0.3, 0.4) is 0 Å². The Labute approximate surface area is 172 Å². The third kappa shape index (κ3) is 4.81. The van der Waals surface area contributed by atoms with Gasteiger partial charge in [-0.3, -0.25) is 9.80 Å². The minimum Gasteiger partial charge on any atom is -0.298 e. The van der Waals surface area contributed by atoms with Crippen LogP contribution < -0.4 is 0 Å². The second-order valence-electron chi connectivity index (χ2n) is 8.78. The van der Waals surface area contributed by atoms with Gasteiger partial charge in [0.05, 0.1) is 12.6 Å². The Morgan fingerprint density at radius 1 is 1.11 bits per heavy atom. The number of hydrogen-bond acceptors (Lipinski definition) is 6. The van der Waals surface area contributed by atoms with Gasteiger partial charge in [-0.05, 0) is 47.1 Å². The molecule has 154 valence electrons. The lowest BCUT2D eigenvalue weighted by Crippen LogP contribution is -2.52. The molecule has 28 heavy (non-hydrogen) atoms. The number of hydrogen-bond donors (Lipinski definition) is 0. The summed E-state index contributed by atoms with van der Waals surface area (Å²) in [6.07, 6.45) is 8.16. The van der Waals surface area contributed by atoms with E-state index in [9.17, 15) is 0 Å². The molecule has 0 unspecified atom stereocenters. The molecular formula is C21H34N6S. The molecule has 1 aliphatic carbocycles. The number of nitrogens with zero attached hydrogens (tertiary/aromatic N) is 6. The molecule has 0 bridgehead atoms. The predicted octanol–water partition coefficient (Wildman–Crippen LogP) is 3.82. The second-order valence-corrected chi connectivity index (χ2v) is 9.82. The Bertz CT molecular complexity index is 698. The lowest BCUT2D eigenvalue weighted by molar-refractivity contribution is 0.0469. The van der Waals surface area contributed by atoms with Gasteiger partial charge in [0.1, 0.15) is 0 Å². The number of aromatic nitrogens is 4. The number of rotatable bonds is 7. The van der Waals surface area contributed by atoms with Crippen LogP contribution >= 0.6 is 11.3 Å². The van der Waals surface area contributed by atoms with Gasteiger partial charge in [0.15, 0.2) is 5.82 Å². The summed E-state index contributed by atoms with van der Waals surface area (Å²) < 4.78 is 2.02. The van der Waals surface area contributed by atoms with Crippen LogP contribution in [-0.2, 0) is 6.54 Å². The van der Waals surface area contributed by atoms with E-state index in [1.165, 1.54) is 50.1 Å². The number of thiophene rings is 1. The van der Waals surface area contributed by atoms with Crippen LogP contribution in [0.1, 0.15) is 69.1 Å². The molecule has 2 aromatic rings. The second kappa shape index (κ2) is 9.46. The molecule has 1 atom stereocenters. The van der Waals surface area contributed by atoms with E-state index in [0.717, 1.165) is 37.9 Å². The quantitative estimate of drug-likeness (QED) is 0.705. The Hall–Kier alpha value is -1.31. The molecule has 4 rings (SSSR count). The van der Waals surface area contributed by atoms with Crippen LogP contribution in [0.5, 0.6) is 0 Å². The average Bonchev–Trinajstić information content (AvgIpc) is 3.39. The molecule has 0 N–H and O–H groups in total. The van der Waals surface area contributed by atoms with E-state index < -0.39 is 0 Å². The van der Waals surface area contributed by atoms with Gasteiger partial charge in [-0.25, -0.2) is 4.68 Å². The minimum absolute atomic E-state index is 0.309. The molecule has 1 saturated heterocycles. The van der Waals surface area contributed by atoms with E-state index in [4.69, 9.17) is 0 Å². The maximum Gasteiger partial charge on any atom is 0.168 e. The monoisotopic (exact) mass is 402 g/mol.